The largest absolute Gasteiger partial charge is 0.494 e. The van der Waals surface area contributed by atoms with Crippen molar-refractivity contribution in [1.29, 1.82) is 0 Å². The minimum atomic E-state index is 0.126. The molecular weight excluding hydrogens is 288 g/mol. The molecule has 0 N–H and O–H groups in total. The fraction of sp³-hybridized carbons (Fsp3) is 0.526. The molecule has 0 spiro atoms. The van der Waals surface area contributed by atoms with Gasteiger partial charge in [0.1, 0.15) is 5.75 Å². The maximum atomic E-state index is 12.3. The zero-order chi connectivity index (χ0) is 16.1. The van der Waals surface area contributed by atoms with Crippen molar-refractivity contribution >= 4 is 12.0 Å². The standard InChI is InChI=1S/C19H26N2O2/c1-2-23-18-8-5-16(6-9-18)7-10-19(22)21-14-11-17(15-21)20-12-3-4-13-20/h5-10,17H,2-4,11-15H2,1H3/b10-7-/t17-/m0/s1. The lowest BCUT2D eigenvalue weighted by atomic mass is 10.2. The number of carbonyl (C=O) groups is 1. The minimum Gasteiger partial charge on any atom is -0.494 e. The van der Waals surface area contributed by atoms with Crippen LogP contribution in [-0.2, 0) is 4.79 Å². The molecule has 0 unspecified atom stereocenters. The highest BCUT2D eigenvalue weighted by Crippen LogP contribution is 2.21. The number of hydrogen-bond donors (Lipinski definition) is 0. The molecule has 1 atom stereocenters. The van der Waals surface area contributed by atoms with E-state index in [-0.39, 0.29) is 5.91 Å². The van der Waals surface area contributed by atoms with E-state index in [0.29, 0.717) is 12.6 Å². The molecule has 2 heterocycles. The van der Waals surface area contributed by atoms with Crippen LogP contribution in [0.5, 0.6) is 5.75 Å². The summed E-state index contributed by atoms with van der Waals surface area (Å²) in [4.78, 5) is 16.9. The van der Waals surface area contributed by atoms with E-state index in [1.54, 1.807) is 6.08 Å². The van der Waals surface area contributed by atoms with Gasteiger partial charge in [0.15, 0.2) is 0 Å². The Morgan fingerprint density at radius 2 is 1.96 bits per heavy atom. The highest BCUT2D eigenvalue weighted by molar-refractivity contribution is 5.92. The average molecular weight is 314 g/mol. The minimum absolute atomic E-state index is 0.126. The van der Waals surface area contributed by atoms with Crippen LogP contribution in [0, 0.1) is 0 Å². The summed E-state index contributed by atoms with van der Waals surface area (Å²) in [7, 11) is 0. The maximum absolute atomic E-state index is 12.3. The number of nitrogens with zero attached hydrogens (tertiary/aromatic N) is 2. The highest BCUT2D eigenvalue weighted by Gasteiger charge is 2.30. The second kappa shape index (κ2) is 7.64. The summed E-state index contributed by atoms with van der Waals surface area (Å²) in [6.07, 6.45) is 7.32. The monoisotopic (exact) mass is 314 g/mol. The van der Waals surface area contributed by atoms with Gasteiger partial charge in [-0.1, -0.05) is 12.1 Å². The molecule has 2 saturated heterocycles. The number of likely N-dealkylation sites (tertiary alicyclic amines) is 2. The molecule has 4 nitrogen and oxygen atoms in total. The Morgan fingerprint density at radius 1 is 1.22 bits per heavy atom. The van der Waals surface area contributed by atoms with Crippen molar-refractivity contribution in [3.63, 3.8) is 0 Å². The highest BCUT2D eigenvalue weighted by atomic mass is 16.5. The molecule has 0 bridgehead atoms. The fourth-order valence-corrected chi connectivity index (χ4v) is 3.46. The van der Waals surface area contributed by atoms with Crippen molar-refractivity contribution in [2.45, 2.75) is 32.2 Å². The molecule has 0 aromatic heterocycles. The molecule has 2 fully saturated rings. The molecule has 124 valence electrons. The van der Waals surface area contributed by atoms with Gasteiger partial charge in [-0.15, -0.1) is 0 Å². The normalized spacial score (nSPS) is 22.1. The van der Waals surface area contributed by atoms with Gasteiger partial charge in [-0.2, -0.15) is 0 Å². The SMILES string of the molecule is CCOc1ccc(/C=C\C(=O)N2CC[C@H](N3CCCC3)C2)cc1. The third-order valence-electron chi connectivity index (χ3n) is 4.74. The smallest absolute Gasteiger partial charge is 0.246 e. The van der Waals surface area contributed by atoms with Crippen molar-refractivity contribution in [3.05, 3.63) is 35.9 Å². The zero-order valence-corrected chi connectivity index (χ0v) is 13.9. The number of rotatable bonds is 5. The van der Waals surface area contributed by atoms with Gasteiger partial charge >= 0.3 is 0 Å². The van der Waals surface area contributed by atoms with Gasteiger partial charge < -0.3 is 9.64 Å². The molecule has 23 heavy (non-hydrogen) atoms. The summed E-state index contributed by atoms with van der Waals surface area (Å²) < 4.78 is 5.42. The van der Waals surface area contributed by atoms with Gasteiger partial charge in [0, 0.05) is 25.2 Å². The molecule has 1 aromatic rings. The molecule has 0 radical (unpaired) electrons. The van der Waals surface area contributed by atoms with Gasteiger partial charge in [0.05, 0.1) is 6.61 Å². The van der Waals surface area contributed by atoms with E-state index >= 15 is 0 Å². The topological polar surface area (TPSA) is 32.8 Å². The molecule has 4 heteroatoms. The molecule has 0 aliphatic carbocycles. The van der Waals surface area contributed by atoms with Crippen molar-refractivity contribution in [1.82, 2.24) is 9.80 Å². The Labute approximate surface area is 138 Å². The number of hydrogen-bond acceptors (Lipinski definition) is 3. The third-order valence-corrected chi connectivity index (χ3v) is 4.74. The first kappa shape index (κ1) is 16.1. The molecule has 2 aliphatic rings. The van der Waals surface area contributed by atoms with E-state index in [9.17, 15) is 4.79 Å². The van der Waals surface area contributed by atoms with E-state index < -0.39 is 0 Å². The van der Waals surface area contributed by atoms with Crippen LogP contribution in [0.2, 0.25) is 0 Å². The summed E-state index contributed by atoms with van der Waals surface area (Å²) >= 11 is 0. The second-order valence-electron chi connectivity index (χ2n) is 6.31. The molecule has 1 aromatic carbocycles. The number of benzene rings is 1. The lowest BCUT2D eigenvalue weighted by Crippen LogP contribution is -2.36. The quantitative estimate of drug-likeness (QED) is 0.784. The molecular formula is C19H26N2O2. The Morgan fingerprint density at radius 3 is 2.65 bits per heavy atom. The van der Waals surface area contributed by atoms with Crippen LogP contribution in [0.25, 0.3) is 6.08 Å². The molecule has 2 aliphatic heterocycles. The summed E-state index contributed by atoms with van der Waals surface area (Å²) in [6, 6.07) is 8.40. The van der Waals surface area contributed by atoms with E-state index in [2.05, 4.69) is 4.90 Å². The van der Waals surface area contributed by atoms with Gasteiger partial charge in [-0.3, -0.25) is 9.69 Å². The first-order valence-electron chi connectivity index (χ1n) is 8.70. The van der Waals surface area contributed by atoms with Gasteiger partial charge in [0.2, 0.25) is 5.91 Å². The molecule has 3 rings (SSSR count). The Kier molecular flexibility index (Phi) is 5.34. The Bertz CT molecular complexity index is 547. The van der Waals surface area contributed by atoms with E-state index in [1.165, 1.54) is 25.9 Å². The summed E-state index contributed by atoms with van der Waals surface area (Å²) in [5, 5.41) is 0. The lowest BCUT2D eigenvalue weighted by Gasteiger charge is -2.23. The first-order valence-corrected chi connectivity index (χ1v) is 8.70. The van der Waals surface area contributed by atoms with Crippen molar-refractivity contribution in [3.8, 4) is 5.75 Å². The number of carbonyl (C=O) groups excluding carboxylic acids is 1. The predicted molar refractivity (Wildman–Crippen MR) is 92.4 cm³/mol. The summed E-state index contributed by atoms with van der Waals surface area (Å²) in [5.74, 6) is 0.990. The van der Waals surface area contributed by atoms with Crippen LogP contribution in [0.1, 0.15) is 31.7 Å². The van der Waals surface area contributed by atoms with Crippen LogP contribution in [-0.4, -0.2) is 54.5 Å². The molecule has 1 amide bonds. The fourth-order valence-electron chi connectivity index (χ4n) is 3.46. The summed E-state index contributed by atoms with van der Waals surface area (Å²) in [5.41, 5.74) is 1.03. The zero-order valence-electron chi connectivity index (χ0n) is 13.9. The average Bonchev–Trinajstić information content (AvgIpc) is 3.25. The number of amides is 1. The van der Waals surface area contributed by atoms with Crippen molar-refractivity contribution in [2.24, 2.45) is 0 Å². The van der Waals surface area contributed by atoms with Gasteiger partial charge in [-0.05, 0) is 63.0 Å². The van der Waals surface area contributed by atoms with Crippen LogP contribution >= 0.6 is 0 Å². The van der Waals surface area contributed by atoms with Crippen LogP contribution in [0.3, 0.4) is 0 Å². The molecule has 0 saturated carbocycles. The Hall–Kier alpha value is -1.81. The summed E-state index contributed by atoms with van der Waals surface area (Å²) in [6.45, 7) is 6.81. The van der Waals surface area contributed by atoms with Crippen LogP contribution < -0.4 is 4.74 Å². The predicted octanol–water partition coefficient (Wildman–Crippen LogP) is 2.80. The maximum Gasteiger partial charge on any atom is 0.246 e. The van der Waals surface area contributed by atoms with Crippen LogP contribution in [0.15, 0.2) is 30.3 Å². The second-order valence-corrected chi connectivity index (χ2v) is 6.31. The van der Waals surface area contributed by atoms with Crippen molar-refractivity contribution in [2.75, 3.05) is 32.8 Å². The van der Waals surface area contributed by atoms with Crippen molar-refractivity contribution < 1.29 is 9.53 Å². The first-order chi connectivity index (χ1) is 11.3. The number of ether oxygens (including phenoxy) is 1. The third kappa shape index (κ3) is 4.14. The van der Waals surface area contributed by atoms with E-state index in [1.807, 2.05) is 42.2 Å². The van der Waals surface area contributed by atoms with Crippen LogP contribution in [0.4, 0.5) is 0 Å². The Balaban J connectivity index is 1.52. The van der Waals surface area contributed by atoms with Gasteiger partial charge in [0.25, 0.3) is 0 Å². The lowest BCUT2D eigenvalue weighted by molar-refractivity contribution is -0.125. The van der Waals surface area contributed by atoms with E-state index in [4.69, 9.17) is 4.74 Å². The van der Waals surface area contributed by atoms with Gasteiger partial charge in [-0.25, -0.2) is 0 Å². The van der Waals surface area contributed by atoms with E-state index in [0.717, 1.165) is 30.8 Å².